The van der Waals surface area contributed by atoms with Gasteiger partial charge in [-0.15, -0.1) is 11.3 Å². The third-order valence-electron chi connectivity index (χ3n) is 4.84. The predicted octanol–water partition coefficient (Wildman–Crippen LogP) is 4.60. The smallest absolute Gasteiger partial charge is 0.348 e. The number of nitrogens with zero attached hydrogens (tertiary/aromatic N) is 3. The van der Waals surface area contributed by atoms with Crippen LogP contribution in [0.5, 0.6) is 0 Å². The van der Waals surface area contributed by atoms with Gasteiger partial charge < -0.3 is 9.30 Å². The Morgan fingerprint density at radius 1 is 1.26 bits per heavy atom. The van der Waals surface area contributed by atoms with E-state index in [0.717, 1.165) is 46.8 Å². The molecule has 0 saturated carbocycles. The number of aromatic nitrogens is 3. The summed E-state index contributed by atoms with van der Waals surface area (Å²) in [6.07, 6.45) is 6.58. The second kappa shape index (κ2) is 7.27. The average Bonchev–Trinajstić information content (AvgIpc) is 3.35. The molecule has 0 bridgehead atoms. The van der Waals surface area contributed by atoms with Crippen LogP contribution in [0.15, 0.2) is 30.4 Å². The molecular formula is C21H23N3O2S. The van der Waals surface area contributed by atoms with Crippen LogP contribution in [-0.4, -0.2) is 26.6 Å². The van der Waals surface area contributed by atoms with Crippen LogP contribution in [-0.2, 0) is 17.7 Å². The topological polar surface area (TPSA) is 57.0 Å². The van der Waals surface area contributed by atoms with Crippen molar-refractivity contribution >= 4 is 28.5 Å². The Balaban J connectivity index is 1.59. The Bertz CT molecular complexity index is 1020. The summed E-state index contributed by atoms with van der Waals surface area (Å²) in [7, 11) is 0. The summed E-state index contributed by atoms with van der Waals surface area (Å²) in [5.74, 6) is 0.792. The monoisotopic (exact) mass is 381 g/mol. The standard InChI is InChI=1S/C21H23N3O2S/c1-4-18-23-20-19(13(2)11-14(3)22-20)24(18)12-16-9-10-17(27-16)21(25)26-15-7-5-6-8-15/h5-6,9-11,15H,4,7-8,12H2,1-3H3. The van der Waals surface area contributed by atoms with Gasteiger partial charge in [-0.3, -0.25) is 0 Å². The molecule has 3 aromatic rings. The number of thiophene rings is 1. The lowest BCUT2D eigenvalue weighted by Crippen LogP contribution is -2.14. The molecular weight excluding hydrogens is 358 g/mol. The molecule has 27 heavy (non-hydrogen) atoms. The molecule has 1 aliphatic rings. The Morgan fingerprint density at radius 3 is 2.78 bits per heavy atom. The summed E-state index contributed by atoms with van der Waals surface area (Å²) >= 11 is 1.50. The normalized spacial score (nSPS) is 14.3. The van der Waals surface area contributed by atoms with E-state index >= 15 is 0 Å². The number of aryl methyl sites for hydroxylation is 3. The lowest BCUT2D eigenvalue weighted by molar-refractivity contribution is 0.0336. The van der Waals surface area contributed by atoms with E-state index in [1.54, 1.807) is 0 Å². The number of ether oxygens (including phenoxy) is 1. The van der Waals surface area contributed by atoms with E-state index in [2.05, 4.69) is 41.6 Å². The maximum atomic E-state index is 12.4. The fraction of sp³-hybridized carbons (Fsp3) is 0.381. The SMILES string of the molecule is CCc1nc2nc(C)cc(C)c2n1Cc1ccc(C(=O)OC2CC=CC2)s1. The van der Waals surface area contributed by atoms with E-state index in [1.165, 1.54) is 16.9 Å². The van der Waals surface area contributed by atoms with Gasteiger partial charge in [0.1, 0.15) is 16.8 Å². The average molecular weight is 382 g/mol. The highest BCUT2D eigenvalue weighted by atomic mass is 32.1. The molecule has 0 radical (unpaired) electrons. The van der Waals surface area contributed by atoms with E-state index in [0.29, 0.717) is 11.4 Å². The van der Waals surface area contributed by atoms with Crippen molar-refractivity contribution in [2.75, 3.05) is 0 Å². The molecule has 3 heterocycles. The molecule has 3 aromatic heterocycles. The molecule has 0 saturated heterocycles. The van der Waals surface area contributed by atoms with Crippen molar-refractivity contribution < 1.29 is 9.53 Å². The van der Waals surface area contributed by atoms with Crippen LogP contribution in [0.3, 0.4) is 0 Å². The van der Waals surface area contributed by atoms with Gasteiger partial charge in [-0.25, -0.2) is 14.8 Å². The van der Waals surface area contributed by atoms with Gasteiger partial charge in [-0.05, 0) is 37.6 Å². The van der Waals surface area contributed by atoms with Gasteiger partial charge in [0.15, 0.2) is 5.65 Å². The van der Waals surface area contributed by atoms with Crippen LogP contribution >= 0.6 is 11.3 Å². The molecule has 0 aromatic carbocycles. The maximum Gasteiger partial charge on any atom is 0.348 e. The van der Waals surface area contributed by atoms with E-state index in [-0.39, 0.29) is 12.1 Å². The van der Waals surface area contributed by atoms with Crippen LogP contribution in [0.25, 0.3) is 11.2 Å². The minimum atomic E-state index is -0.223. The van der Waals surface area contributed by atoms with Crippen molar-refractivity contribution in [3.63, 3.8) is 0 Å². The molecule has 0 unspecified atom stereocenters. The highest BCUT2D eigenvalue weighted by Crippen LogP contribution is 2.25. The van der Waals surface area contributed by atoms with E-state index in [9.17, 15) is 4.79 Å². The first kappa shape index (κ1) is 17.9. The first-order valence-corrected chi connectivity index (χ1v) is 10.1. The number of esters is 1. The first-order valence-electron chi connectivity index (χ1n) is 9.33. The minimum Gasteiger partial charge on any atom is -0.458 e. The number of pyridine rings is 1. The van der Waals surface area contributed by atoms with Crippen molar-refractivity contribution in [1.29, 1.82) is 0 Å². The van der Waals surface area contributed by atoms with E-state index in [1.807, 2.05) is 19.1 Å². The summed E-state index contributed by atoms with van der Waals surface area (Å²) in [5, 5.41) is 0. The van der Waals surface area contributed by atoms with Gasteiger partial charge in [0.2, 0.25) is 0 Å². The molecule has 4 rings (SSSR count). The molecule has 6 heteroatoms. The first-order chi connectivity index (χ1) is 13.0. The van der Waals surface area contributed by atoms with Crippen molar-refractivity contribution in [3.05, 3.63) is 57.2 Å². The lowest BCUT2D eigenvalue weighted by atomic mass is 10.2. The van der Waals surface area contributed by atoms with Crippen molar-refractivity contribution in [2.45, 2.75) is 52.7 Å². The quantitative estimate of drug-likeness (QED) is 0.479. The lowest BCUT2D eigenvalue weighted by Gasteiger charge is -2.10. The van der Waals surface area contributed by atoms with Crippen molar-refractivity contribution in [2.24, 2.45) is 0 Å². The molecule has 140 valence electrons. The Labute approximate surface area is 162 Å². The van der Waals surface area contributed by atoms with Crippen LogP contribution in [0.4, 0.5) is 0 Å². The zero-order valence-electron chi connectivity index (χ0n) is 15.9. The second-order valence-electron chi connectivity index (χ2n) is 6.96. The predicted molar refractivity (Wildman–Crippen MR) is 107 cm³/mol. The van der Waals surface area contributed by atoms with E-state index in [4.69, 9.17) is 9.72 Å². The second-order valence-corrected chi connectivity index (χ2v) is 8.12. The van der Waals surface area contributed by atoms with Gasteiger partial charge in [0, 0.05) is 29.8 Å². The Morgan fingerprint density at radius 2 is 2.04 bits per heavy atom. The minimum absolute atomic E-state index is 0.00991. The molecule has 0 aliphatic heterocycles. The van der Waals surface area contributed by atoms with Gasteiger partial charge in [-0.2, -0.15) is 0 Å². The van der Waals surface area contributed by atoms with Crippen LogP contribution < -0.4 is 0 Å². The highest BCUT2D eigenvalue weighted by Gasteiger charge is 2.19. The van der Waals surface area contributed by atoms with E-state index < -0.39 is 0 Å². The molecule has 5 nitrogen and oxygen atoms in total. The Hall–Kier alpha value is -2.47. The molecule has 0 amide bonds. The summed E-state index contributed by atoms with van der Waals surface area (Å²) < 4.78 is 7.79. The van der Waals surface area contributed by atoms with Gasteiger partial charge in [-0.1, -0.05) is 19.1 Å². The largest absolute Gasteiger partial charge is 0.458 e. The van der Waals surface area contributed by atoms with Gasteiger partial charge >= 0.3 is 5.97 Å². The zero-order valence-corrected chi connectivity index (χ0v) is 16.7. The number of carbonyl (C=O) groups is 1. The Kier molecular flexibility index (Phi) is 4.83. The number of rotatable bonds is 5. The molecule has 1 aliphatic carbocycles. The molecule has 0 spiro atoms. The summed E-state index contributed by atoms with van der Waals surface area (Å²) in [6, 6.07) is 5.97. The van der Waals surface area contributed by atoms with Crippen molar-refractivity contribution in [1.82, 2.24) is 14.5 Å². The summed E-state index contributed by atoms with van der Waals surface area (Å²) in [4.78, 5) is 23.5. The van der Waals surface area contributed by atoms with Gasteiger partial charge in [0.05, 0.1) is 12.1 Å². The third-order valence-corrected chi connectivity index (χ3v) is 5.89. The zero-order chi connectivity index (χ0) is 19.0. The van der Waals surface area contributed by atoms with Gasteiger partial charge in [0.25, 0.3) is 0 Å². The fourth-order valence-corrected chi connectivity index (χ4v) is 4.48. The third kappa shape index (κ3) is 3.54. The summed E-state index contributed by atoms with van der Waals surface area (Å²) in [6.45, 7) is 6.89. The highest BCUT2D eigenvalue weighted by molar-refractivity contribution is 7.13. The maximum absolute atomic E-state index is 12.4. The number of hydrogen-bond acceptors (Lipinski definition) is 5. The summed E-state index contributed by atoms with van der Waals surface area (Å²) in [5.41, 5.74) is 4.03. The fourth-order valence-electron chi connectivity index (χ4n) is 3.60. The number of fused-ring (bicyclic) bond motifs is 1. The van der Waals surface area contributed by atoms with Crippen LogP contribution in [0, 0.1) is 13.8 Å². The number of carbonyl (C=O) groups excluding carboxylic acids is 1. The number of hydrogen-bond donors (Lipinski definition) is 0. The van der Waals surface area contributed by atoms with Crippen LogP contribution in [0.2, 0.25) is 0 Å². The van der Waals surface area contributed by atoms with Crippen LogP contribution in [0.1, 0.15) is 51.4 Å². The van der Waals surface area contributed by atoms with Crippen molar-refractivity contribution in [3.8, 4) is 0 Å². The number of imidazole rings is 1. The molecule has 0 N–H and O–H groups in total. The molecule has 0 fully saturated rings. The molecule has 0 atom stereocenters.